The van der Waals surface area contributed by atoms with E-state index in [4.69, 9.17) is 15.9 Å². The predicted molar refractivity (Wildman–Crippen MR) is 210 cm³/mol. The van der Waals surface area contributed by atoms with E-state index >= 15 is 0 Å². The molecule has 0 aliphatic rings. The molecule has 0 spiro atoms. The summed E-state index contributed by atoms with van der Waals surface area (Å²) < 4.78 is 0. The van der Waals surface area contributed by atoms with Crippen molar-refractivity contribution in [3.05, 3.63) is 35.9 Å². The highest BCUT2D eigenvalue weighted by Gasteiger charge is 2.31. The Hall–Kier alpha value is -7.03. The Bertz CT molecular complexity index is 1820. The third-order valence-electron chi connectivity index (χ3n) is 8.38. The number of rotatable bonds is 29. The van der Waals surface area contributed by atoms with Crippen LogP contribution >= 0.6 is 12.6 Å². The highest BCUT2D eigenvalue weighted by molar-refractivity contribution is 7.80. The van der Waals surface area contributed by atoms with E-state index in [2.05, 4.69) is 33.9 Å². The number of benzene rings is 1. The van der Waals surface area contributed by atoms with E-state index in [1.165, 1.54) is 0 Å². The zero-order valence-electron chi connectivity index (χ0n) is 32.6. The van der Waals surface area contributed by atoms with Crippen LogP contribution in [0, 0.1) is 0 Å². The Morgan fingerprint density at radius 2 is 0.968 bits per heavy atom. The fourth-order valence-electron chi connectivity index (χ4n) is 5.09. The van der Waals surface area contributed by atoms with Crippen molar-refractivity contribution in [1.82, 2.24) is 37.2 Å². The van der Waals surface area contributed by atoms with E-state index in [-0.39, 0.29) is 12.2 Å². The molecule has 0 aliphatic carbocycles. The van der Waals surface area contributed by atoms with Gasteiger partial charge in [-0.1, -0.05) is 30.3 Å². The summed E-state index contributed by atoms with van der Waals surface area (Å²) in [5.41, 5.74) is 6.41. The number of aliphatic carboxylic acids is 6. The standard InChI is InChI=1S/C35H48N8O18S/c36-17(28(50)40-22(13-27(48)49)30(52)41-23(15-62)34(59)60)14-37-29(51)21(12-16-4-2-1-3-5-16)39-25(45)9-6-18(31(53)54)38-24(44)10-7-19(32(55)56)42-35(61)43-20(33(57)58)8-11-26(46)47/h1-5,17-23,62H,6-15,36H2,(H,37,51)(H,38,44)(H,39,45)(H,40,50)(H,41,52)(H,46,47)(H,48,49)(H,53,54)(H,55,56)(H,57,58)(H,59,60)(H2,42,43,61). The summed E-state index contributed by atoms with van der Waals surface area (Å²) in [6, 6.07) is -4.57. The molecule has 62 heavy (non-hydrogen) atoms. The van der Waals surface area contributed by atoms with Crippen LogP contribution in [0.4, 0.5) is 4.79 Å². The van der Waals surface area contributed by atoms with Crippen LogP contribution in [0.5, 0.6) is 0 Å². The van der Waals surface area contributed by atoms with Gasteiger partial charge in [0, 0.05) is 38.0 Å². The second-order valence-corrected chi connectivity index (χ2v) is 13.6. The maximum absolute atomic E-state index is 13.3. The number of nitrogens with one attached hydrogen (secondary N) is 7. The first-order chi connectivity index (χ1) is 29.0. The Morgan fingerprint density at radius 1 is 0.516 bits per heavy atom. The third-order valence-corrected chi connectivity index (χ3v) is 8.75. The summed E-state index contributed by atoms with van der Waals surface area (Å²) in [6.45, 7) is -0.618. The molecule has 27 heteroatoms. The van der Waals surface area contributed by atoms with Crippen LogP contribution in [0.3, 0.4) is 0 Å². The average molecular weight is 901 g/mol. The third kappa shape index (κ3) is 20.8. The molecule has 26 nitrogen and oxygen atoms in total. The van der Waals surface area contributed by atoms with E-state index in [0.29, 0.717) is 5.56 Å². The summed E-state index contributed by atoms with van der Waals surface area (Å²) in [5.74, 6) is -14.6. The lowest BCUT2D eigenvalue weighted by atomic mass is 10.0. The summed E-state index contributed by atoms with van der Waals surface area (Å²) in [5, 5.41) is 70.3. The lowest BCUT2D eigenvalue weighted by Gasteiger charge is -2.23. The first-order valence-electron chi connectivity index (χ1n) is 18.3. The summed E-state index contributed by atoms with van der Waals surface area (Å²) in [6.07, 6.45) is -4.67. The molecule has 1 aromatic carbocycles. The number of hydrogen-bond acceptors (Lipinski definition) is 14. The van der Waals surface area contributed by atoms with Crippen molar-refractivity contribution >= 4 is 84.0 Å². The van der Waals surface area contributed by atoms with Gasteiger partial charge in [0.2, 0.25) is 29.5 Å². The molecule has 0 heterocycles. The first-order valence-corrected chi connectivity index (χ1v) is 19.0. The molecule has 7 atom stereocenters. The van der Waals surface area contributed by atoms with Gasteiger partial charge in [0.1, 0.15) is 42.3 Å². The minimum absolute atomic E-state index is 0.133. The molecule has 0 aliphatic heterocycles. The number of carbonyl (C=O) groups is 12. The number of amides is 7. The molecule has 1 aromatic rings. The number of urea groups is 1. The summed E-state index contributed by atoms with van der Waals surface area (Å²) in [7, 11) is 0. The van der Waals surface area contributed by atoms with Crippen molar-refractivity contribution in [2.24, 2.45) is 5.73 Å². The Labute approximate surface area is 356 Å². The van der Waals surface area contributed by atoms with Gasteiger partial charge in [-0.25, -0.2) is 24.0 Å². The van der Waals surface area contributed by atoms with Crippen LogP contribution < -0.4 is 43.0 Å². The van der Waals surface area contributed by atoms with E-state index in [9.17, 15) is 78.0 Å². The largest absolute Gasteiger partial charge is 0.481 e. The molecule has 0 fully saturated rings. The Balaban J connectivity index is 2.91. The van der Waals surface area contributed by atoms with Crippen molar-refractivity contribution in [2.45, 2.75) is 93.7 Å². The van der Waals surface area contributed by atoms with Gasteiger partial charge < -0.3 is 73.6 Å². The topological polar surface area (TPSA) is 436 Å². The van der Waals surface area contributed by atoms with Gasteiger partial charge in [-0.2, -0.15) is 12.6 Å². The maximum Gasteiger partial charge on any atom is 0.327 e. The Morgan fingerprint density at radius 3 is 1.42 bits per heavy atom. The van der Waals surface area contributed by atoms with E-state index in [0.717, 1.165) is 0 Å². The van der Waals surface area contributed by atoms with Crippen molar-refractivity contribution in [3.63, 3.8) is 0 Å². The van der Waals surface area contributed by atoms with Crippen molar-refractivity contribution in [3.8, 4) is 0 Å². The SMILES string of the molecule is NC(CNC(=O)C(Cc1ccccc1)NC(=O)CCC(NC(=O)CCC(NC(=O)NC(CCC(=O)O)C(=O)O)C(=O)O)C(=O)O)C(=O)NC(CC(=O)O)C(=O)NC(CS)C(=O)O. The second kappa shape index (κ2) is 26.9. The highest BCUT2D eigenvalue weighted by Crippen LogP contribution is 2.07. The second-order valence-electron chi connectivity index (χ2n) is 13.3. The van der Waals surface area contributed by atoms with E-state index < -0.39 is 165 Å². The molecular weight excluding hydrogens is 852 g/mol. The smallest absolute Gasteiger partial charge is 0.327 e. The number of hydrogen-bond donors (Lipinski definition) is 15. The fourth-order valence-corrected chi connectivity index (χ4v) is 5.34. The number of carboxylic acid groups (broad SMARTS) is 6. The zero-order chi connectivity index (χ0) is 47.1. The van der Waals surface area contributed by atoms with Gasteiger partial charge in [0.15, 0.2) is 0 Å². The Kier molecular flexibility index (Phi) is 23.0. The van der Waals surface area contributed by atoms with Gasteiger partial charge in [-0.15, -0.1) is 0 Å². The quantitative estimate of drug-likeness (QED) is 0.0339. The molecule has 0 saturated heterocycles. The van der Waals surface area contributed by atoms with Crippen molar-refractivity contribution in [1.29, 1.82) is 0 Å². The van der Waals surface area contributed by atoms with Gasteiger partial charge in [0.05, 0.1) is 6.42 Å². The van der Waals surface area contributed by atoms with Crippen LogP contribution in [0.2, 0.25) is 0 Å². The number of carboxylic acids is 6. The number of nitrogens with two attached hydrogens (primary N) is 1. The minimum Gasteiger partial charge on any atom is -0.481 e. The van der Waals surface area contributed by atoms with Gasteiger partial charge in [-0.05, 0) is 24.8 Å². The zero-order valence-corrected chi connectivity index (χ0v) is 33.5. The lowest BCUT2D eigenvalue weighted by molar-refractivity contribution is -0.143. The fraction of sp³-hybridized carbons (Fsp3) is 0.486. The maximum atomic E-state index is 13.3. The molecule has 342 valence electrons. The number of thiol groups is 1. The van der Waals surface area contributed by atoms with E-state index in [1.807, 2.05) is 16.0 Å². The van der Waals surface area contributed by atoms with Gasteiger partial charge in [0.25, 0.3) is 0 Å². The molecular formula is C35H48N8O18S. The molecule has 0 bridgehead atoms. The van der Waals surface area contributed by atoms with Crippen LogP contribution in [-0.2, 0) is 59.2 Å². The molecule has 0 saturated carbocycles. The van der Waals surface area contributed by atoms with Crippen LogP contribution in [0.25, 0.3) is 0 Å². The summed E-state index contributed by atoms with van der Waals surface area (Å²) >= 11 is 3.80. The molecule has 7 amide bonds. The van der Waals surface area contributed by atoms with Crippen molar-refractivity contribution < 1.29 is 88.2 Å². The predicted octanol–water partition coefficient (Wildman–Crippen LogP) is -4.18. The van der Waals surface area contributed by atoms with E-state index in [1.54, 1.807) is 30.3 Å². The summed E-state index contributed by atoms with van der Waals surface area (Å²) in [4.78, 5) is 145. The molecule has 1 rings (SSSR count). The lowest BCUT2D eigenvalue weighted by Crippen LogP contribution is -2.58. The van der Waals surface area contributed by atoms with Crippen LogP contribution in [-0.4, -0.2) is 157 Å². The van der Waals surface area contributed by atoms with Crippen LogP contribution in [0.1, 0.15) is 50.5 Å². The molecule has 0 aromatic heterocycles. The first kappa shape index (κ1) is 53.0. The van der Waals surface area contributed by atoms with Gasteiger partial charge in [-0.3, -0.25) is 33.6 Å². The molecule has 7 unspecified atom stereocenters. The van der Waals surface area contributed by atoms with Crippen molar-refractivity contribution in [2.75, 3.05) is 12.3 Å². The normalized spacial score (nSPS) is 14.0. The highest BCUT2D eigenvalue weighted by atomic mass is 32.1. The molecule has 15 N–H and O–H groups in total. The number of carbonyl (C=O) groups excluding carboxylic acids is 6. The monoisotopic (exact) mass is 900 g/mol. The average Bonchev–Trinajstić information content (AvgIpc) is 3.19. The van der Waals surface area contributed by atoms with Crippen LogP contribution in [0.15, 0.2) is 30.3 Å². The molecule has 0 radical (unpaired) electrons. The minimum atomic E-state index is -1.78. The van der Waals surface area contributed by atoms with Gasteiger partial charge >= 0.3 is 41.8 Å².